The third kappa shape index (κ3) is 10.7. The topological polar surface area (TPSA) is 267 Å². The van der Waals surface area contributed by atoms with E-state index in [9.17, 15) is 24.3 Å². The fourth-order valence-electron chi connectivity index (χ4n) is 8.98. The van der Waals surface area contributed by atoms with Crippen LogP contribution >= 0.6 is 0 Å². The molecule has 10 heterocycles. The second-order valence-corrected chi connectivity index (χ2v) is 17.9. The molecule has 6 aliphatic rings. The minimum atomic E-state index is -1.25. The first-order valence-electron chi connectivity index (χ1n) is 22.7. The van der Waals surface area contributed by atoms with E-state index in [2.05, 4.69) is 50.3 Å². The van der Waals surface area contributed by atoms with Crippen LogP contribution in [0.5, 0.6) is 11.8 Å². The summed E-state index contributed by atoms with van der Waals surface area (Å²) in [6.07, 6.45) is 6.06. The molecule has 0 radical (unpaired) electrons. The highest BCUT2D eigenvalue weighted by molar-refractivity contribution is 6.05. The number of aromatic carboxylic acids is 1. The average molecular weight is 955 g/mol. The van der Waals surface area contributed by atoms with Crippen molar-refractivity contribution in [1.29, 1.82) is 0 Å². The van der Waals surface area contributed by atoms with Gasteiger partial charge in [-0.15, -0.1) is 0 Å². The number of ether oxygens (including phenoxy) is 7. The lowest BCUT2D eigenvalue weighted by Gasteiger charge is -2.45. The van der Waals surface area contributed by atoms with Crippen LogP contribution in [0, 0.1) is 0 Å². The molecule has 0 saturated carbocycles. The molecular formula is C45H54N12O12. The van der Waals surface area contributed by atoms with Gasteiger partial charge >= 0.3 is 24.0 Å². The normalized spacial score (nSPS) is 22.6. The van der Waals surface area contributed by atoms with Gasteiger partial charge in [0, 0.05) is 38.3 Å². The van der Waals surface area contributed by atoms with E-state index < -0.39 is 35.6 Å². The standard InChI is InChI=1S/C23H28N6O6.C22H26N6O6/c1-23(2)34-13-15(35-23)12-33-18-8-4-7-17(25-18)26-22(31)29-14-6-5-9-28(11-14)16-10-24-19(21(30)32-3)27-20(16)29;1-22(2)33-12-14(34-22)11-32-17-7-3-6-16(24-17)25-21(31)28-13-5-4-8-27(10-13)15-9-23-18(20(29)30)26-19(15)28/h4,7-8,10,14-15H,5-6,9,11-13H2,1-3H3,(H,25,26,31);3,6-7,9,13-14H,4-5,8,10-12H2,1-2H3,(H,29,30)(H,24,25,31)/t14-,15+;13-,14+/m00/s1. The summed E-state index contributed by atoms with van der Waals surface area (Å²) in [6.45, 7) is 11.7. The lowest BCUT2D eigenvalue weighted by atomic mass is 10.0. The summed E-state index contributed by atoms with van der Waals surface area (Å²) in [7, 11) is 1.27. The maximum Gasteiger partial charge on any atom is 0.376 e. The zero-order valence-electron chi connectivity index (χ0n) is 38.8. The Morgan fingerprint density at radius 1 is 0.696 bits per heavy atom. The summed E-state index contributed by atoms with van der Waals surface area (Å²) in [5.41, 5.74) is 1.35. The molecule has 0 unspecified atom stereocenters. The molecule has 4 saturated heterocycles. The van der Waals surface area contributed by atoms with E-state index in [0.717, 1.165) is 38.8 Å². The number of esters is 1. The molecule has 4 aromatic rings. The monoisotopic (exact) mass is 954 g/mol. The number of methoxy groups -OCH3 is 1. The van der Waals surface area contributed by atoms with Gasteiger partial charge < -0.3 is 48.1 Å². The molecular weight excluding hydrogens is 901 g/mol. The van der Waals surface area contributed by atoms with Crippen molar-refractivity contribution in [2.24, 2.45) is 0 Å². The Balaban J connectivity index is 0.000000172. The predicted molar refractivity (Wildman–Crippen MR) is 245 cm³/mol. The third-order valence-corrected chi connectivity index (χ3v) is 12.0. The van der Waals surface area contributed by atoms with E-state index in [0.29, 0.717) is 66.9 Å². The van der Waals surface area contributed by atoms with Crippen molar-refractivity contribution in [2.45, 2.75) is 89.2 Å². The van der Waals surface area contributed by atoms with Crippen LogP contribution in [-0.2, 0) is 23.7 Å². The largest absolute Gasteiger partial charge is 0.475 e. The van der Waals surface area contributed by atoms with Gasteiger partial charge in [0.2, 0.25) is 23.4 Å². The minimum absolute atomic E-state index is 0.0972. The van der Waals surface area contributed by atoms with Crippen LogP contribution in [0.25, 0.3) is 0 Å². The summed E-state index contributed by atoms with van der Waals surface area (Å²) in [5.74, 6) is -1.64. The molecule has 69 heavy (non-hydrogen) atoms. The Morgan fingerprint density at radius 2 is 1.16 bits per heavy atom. The van der Waals surface area contributed by atoms with E-state index in [1.807, 2.05) is 27.7 Å². The number of hydrogen-bond donors (Lipinski definition) is 3. The highest BCUT2D eigenvalue weighted by Gasteiger charge is 2.41. The van der Waals surface area contributed by atoms with Crippen LogP contribution in [0.2, 0.25) is 0 Å². The van der Waals surface area contributed by atoms with Crippen molar-refractivity contribution in [3.8, 4) is 11.8 Å². The number of piperidine rings is 2. The van der Waals surface area contributed by atoms with Gasteiger partial charge in [-0.3, -0.25) is 20.4 Å². The van der Waals surface area contributed by atoms with E-state index >= 15 is 0 Å². The molecule has 4 amide bonds. The number of amides is 4. The molecule has 3 N–H and O–H groups in total. The quantitative estimate of drug-likeness (QED) is 0.187. The molecule has 4 fully saturated rings. The van der Waals surface area contributed by atoms with Gasteiger partial charge in [0.1, 0.15) is 37.1 Å². The Bertz CT molecular complexity index is 2590. The first-order chi connectivity index (χ1) is 33.1. The SMILES string of the molecule is CC1(C)OC[C@@H](COc2cccc(NC(=O)N3c4nc(C(=O)O)ncc4N4CCC[C@H]3C4)n2)O1.COC(=O)c1ncc2c(n1)N(C(=O)Nc1cccc(OC[C@@H]3COC(C)(C)O3)n1)[C@H]1CCCN2C1. The van der Waals surface area contributed by atoms with Gasteiger partial charge in [-0.1, -0.05) is 12.1 Å². The molecule has 4 aromatic heterocycles. The fourth-order valence-corrected chi connectivity index (χ4v) is 8.98. The predicted octanol–water partition coefficient (Wildman–Crippen LogP) is 4.33. The number of anilines is 6. The van der Waals surface area contributed by atoms with Gasteiger partial charge in [-0.2, -0.15) is 9.97 Å². The van der Waals surface area contributed by atoms with Crippen LogP contribution in [0.3, 0.4) is 0 Å². The highest BCUT2D eigenvalue weighted by Crippen LogP contribution is 2.39. The van der Waals surface area contributed by atoms with Crippen molar-refractivity contribution in [3.05, 3.63) is 60.4 Å². The molecule has 24 heteroatoms. The van der Waals surface area contributed by atoms with Gasteiger partial charge in [-0.25, -0.2) is 39.1 Å². The van der Waals surface area contributed by atoms with Crippen LogP contribution in [-0.4, -0.2) is 155 Å². The average Bonchev–Trinajstić information content (AvgIpc) is 3.88. The molecule has 0 aliphatic carbocycles. The number of hydrogen-bond acceptors (Lipinski definition) is 19. The Hall–Kier alpha value is -7.02. The number of rotatable bonds is 10. The van der Waals surface area contributed by atoms with Crippen LogP contribution in [0.4, 0.5) is 44.2 Å². The molecule has 10 rings (SSSR count). The van der Waals surface area contributed by atoms with E-state index in [1.165, 1.54) is 18.2 Å². The number of aromatic nitrogens is 6. The minimum Gasteiger partial charge on any atom is -0.475 e. The van der Waals surface area contributed by atoms with Crippen molar-refractivity contribution in [3.63, 3.8) is 0 Å². The number of urea groups is 2. The van der Waals surface area contributed by atoms with E-state index in [4.69, 9.17) is 33.2 Å². The number of fused-ring (bicyclic) bond motifs is 8. The van der Waals surface area contributed by atoms with Crippen LogP contribution in [0.1, 0.15) is 74.6 Å². The first-order valence-corrected chi connectivity index (χ1v) is 22.7. The zero-order chi connectivity index (χ0) is 48.5. The fraction of sp³-hybridized carbons (Fsp3) is 0.511. The highest BCUT2D eigenvalue weighted by atomic mass is 16.8. The summed E-state index contributed by atoms with van der Waals surface area (Å²) in [4.78, 5) is 82.9. The molecule has 4 atom stereocenters. The number of carboxylic acids is 1. The molecule has 366 valence electrons. The van der Waals surface area contributed by atoms with Gasteiger partial charge in [-0.05, 0) is 65.5 Å². The molecule has 0 spiro atoms. The second kappa shape index (κ2) is 19.5. The van der Waals surface area contributed by atoms with E-state index in [1.54, 1.807) is 47.5 Å². The van der Waals surface area contributed by atoms with E-state index in [-0.39, 0.29) is 55.0 Å². The Morgan fingerprint density at radius 3 is 1.59 bits per heavy atom. The van der Waals surface area contributed by atoms with Crippen molar-refractivity contribution >= 4 is 58.6 Å². The number of pyridine rings is 2. The van der Waals surface area contributed by atoms with Crippen LogP contribution < -0.4 is 39.7 Å². The second-order valence-electron chi connectivity index (χ2n) is 17.9. The Labute approximate surface area is 396 Å². The third-order valence-electron chi connectivity index (χ3n) is 12.0. The van der Waals surface area contributed by atoms with Gasteiger partial charge in [0.15, 0.2) is 23.2 Å². The molecule has 6 aliphatic heterocycles. The smallest absolute Gasteiger partial charge is 0.376 e. The number of nitrogens with zero attached hydrogens (tertiary/aromatic N) is 10. The molecule has 24 nitrogen and oxygen atoms in total. The molecule has 4 bridgehead atoms. The number of carbonyl (C=O) groups excluding carboxylic acids is 3. The lowest BCUT2D eigenvalue weighted by molar-refractivity contribution is -0.142. The zero-order valence-corrected chi connectivity index (χ0v) is 38.8. The van der Waals surface area contributed by atoms with Gasteiger partial charge in [0.25, 0.3) is 0 Å². The maximum atomic E-state index is 13.4. The van der Waals surface area contributed by atoms with Crippen molar-refractivity contribution < 1.29 is 57.4 Å². The number of carbonyl (C=O) groups is 4. The van der Waals surface area contributed by atoms with Crippen molar-refractivity contribution in [2.75, 3.05) is 89.9 Å². The number of carboxylic acid groups (broad SMARTS) is 1. The van der Waals surface area contributed by atoms with Crippen molar-refractivity contribution in [1.82, 2.24) is 29.9 Å². The van der Waals surface area contributed by atoms with Crippen LogP contribution in [0.15, 0.2) is 48.8 Å². The summed E-state index contributed by atoms with van der Waals surface area (Å²) < 4.78 is 38.8. The summed E-state index contributed by atoms with van der Waals surface area (Å²) in [6, 6.07) is 9.14. The first kappa shape index (κ1) is 47.1. The Kier molecular flexibility index (Phi) is 13.3. The van der Waals surface area contributed by atoms with Gasteiger partial charge in [0.05, 0.1) is 56.2 Å². The molecule has 0 aromatic carbocycles. The number of nitrogens with one attached hydrogen (secondary N) is 2. The summed E-state index contributed by atoms with van der Waals surface area (Å²) >= 11 is 0. The lowest BCUT2D eigenvalue weighted by Crippen LogP contribution is -2.56. The maximum absolute atomic E-state index is 13.4. The summed E-state index contributed by atoms with van der Waals surface area (Å²) in [5, 5.41) is 15.0.